The maximum absolute atomic E-state index is 12.7. The van der Waals surface area contributed by atoms with Crippen LogP contribution in [0.4, 0.5) is 5.82 Å². The molecule has 0 bridgehead atoms. The second-order valence-electron chi connectivity index (χ2n) is 13.2. The zero-order chi connectivity index (χ0) is 45.2. The van der Waals surface area contributed by atoms with Crippen molar-refractivity contribution in [2.24, 2.45) is 5.41 Å². The Kier molecular flexibility index (Phi) is 18.2. The number of carboxylic acid groups (broad SMARTS) is 2. The molecule has 12 N–H and O–H groups in total. The van der Waals surface area contributed by atoms with Crippen molar-refractivity contribution < 1.29 is 100 Å². The van der Waals surface area contributed by atoms with Crippen LogP contribution in [0.2, 0.25) is 0 Å². The fourth-order valence-electron chi connectivity index (χ4n) is 5.07. The average molecular weight is 941 g/mol. The molecule has 1 fully saturated rings. The van der Waals surface area contributed by atoms with Crippen LogP contribution in [0.3, 0.4) is 0 Å². The van der Waals surface area contributed by atoms with Crippen LogP contribution in [0.15, 0.2) is 12.7 Å². The summed E-state index contributed by atoms with van der Waals surface area (Å²) in [4.78, 5) is 110. The Morgan fingerprint density at radius 2 is 1.62 bits per heavy atom. The molecule has 0 aliphatic carbocycles. The Hall–Kier alpha value is -3.54. The van der Waals surface area contributed by atoms with Crippen molar-refractivity contribution in [2.75, 3.05) is 57.4 Å². The largest absolute Gasteiger partial charge is 0.481 e. The van der Waals surface area contributed by atoms with Gasteiger partial charge in [-0.25, -0.2) is 28.6 Å². The first kappa shape index (κ1) is 50.8. The van der Waals surface area contributed by atoms with Crippen LogP contribution in [0.25, 0.3) is 11.2 Å². The molecule has 7 atom stereocenters. The SMILES string of the molecule is CC(C)(COP(=O)(O)OP(=O)(O)OCC1OC(n2cnc3c(N)ncnc32)C(O)C1OP(=O)(O)O)C(O)C(=O)NCCC(=O)NCCSC(=O)CN(CC(=O)O)CC(=O)O. The zero-order valence-corrected chi connectivity index (χ0v) is 34.9. The number of aromatic nitrogens is 4. The van der Waals surface area contributed by atoms with Gasteiger partial charge < -0.3 is 61.1 Å². The number of aliphatic carboxylic acids is 2. The molecule has 0 spiro atoms. The van der Waals surface area contributed by atoms with E-state index in [1.165, 1.54) is 13.8 Å². The number of imidazole rings is 1. The van der Waals surface area contributed by atoms with Crippen LogP contribution < -0.4 is 16.4 Å². The minimum atomic E-state index is -5.61. The lowest BCUT2D eigenvalue weighted by Gasteiger charge is -2.30. The van der Waals surface area contributed by atoms with Crippen LogP contribution >= 0.6 is 35.2 Å². The van der Waals surface area contributed by atoms with Crippen LogP contribution in [0.1, 0.15) is 26.5 Å². The highest BCUT2D eigenvalue weighted by Crippen LogP contribution is 2.61. The molecule has 1 aliphatic heterocycles. The summed E-state index contributed by atoms with van der Waals surface area (Å²) in [5.74, 6) is -4.29. The van der Waals surface area contributed by atoms with Crippen molar-refractivity contribution in [3.8, 4) is 0 Å². The minimum Gasteiger partial charge on any atom is -0.480 e. The van der Waals surface area contributed by atoms with Gasteiger partial charge in [0.15, 0.2) is 17.7 Å². The van der Waals surface area contributed by atoms with E-state index in [9.17, 15) is 67.5 Å². The number of phosphoric ester groups is 3. The van der Waals surface area contributed by atoms with Crippen molar-refractivity contribution in [3.05, 3.63) is 12.7 Å². The van der Waals surface area contributed by atoms with Crippen molar-refractivity contribution in [1.29, 1.82) is 0 Å². The number of fused-ring (bicyclic) bond motifs is 1. The monoisotopic (exact) mass is 940 g/mol. The molecular weight excluding hydrogens is 897 g/mol. The number of ether oxygens (including phenoxy) is 1. The van der Waals surface area contributed by atoms with Gasteiger partial charge in [0.2, 0.25) is 16.9 Å². The summed E-state index contributed by atoms with van der Waals surface area (Å²) < 4.78 is 62.0. The molecule has 1 saturated heterocycles. The Balaban J connectivity index is 1.45. The molecule has 2 aromatic rings. The number of aliphatic hydroxyl groups excluding tert-OH is 2. The molecule has 33 heteroatoms. The normalized spacial score (nSPS) is 20.9. The number of rotatable bonds is 25. The van der Waals surface area contributed by atoms with E-state index in [1.54, 1.807) is 0 Å². The maximum atomic E-state index is 12.7. The van der Waals surface area contributed by atoms with Gasteiger partial charge in [0.25, 0.3) is 0 Å². The number of carbonyl (C=O) groups is 5. The molecule has 0 aromatic carbocycles. The molecule has 338 valence electrons. The topological polar surface area (TPSA) is 441 Å². The van der Waals surface area contributed by atoms with Crippen molar-refractivity contribution in [2.45, 2.75) is 50.9 Å². The number of hydrogen-bond donors (Lipinski definition) is 11. The second kappa shape index (κ2) is 21.5. The summed E-state index contributed by atoms with van der Waals surface area (Å²) in [5.41, 5.74) is 4.14. The van der Waals surface area contributed by atoms with Gasteiger partial charge in [0.05, 0.1) is 39.2 Å². The Bertz CT molecular complexity index is 2000. The third-order valence-electron chi connectivity index (χ3n) is 7.84. The zero-order valence-electron chi connectivity index (χ0n) is 31.4. The highest BCUT2D eigenvalue weighted by atomic mass is 32.2. The first-order valence-corrected chi connectivity index (χ1v) is 22.4. The third-order valence-corrected chi connectivity index (χ3v) is 11.8. The molecule has 29 nitrogen and oxygen atoms in total. The molecule has 1 aliphatic rings. The lowest BCUT2D eigenvalue weighted by molar-refractivity contribution is -0.142. The van der Waals surface area contributed by atoms with E-state index < -0.39 is 121 Å². The highest BCUT2D eigenvalue weighted by molar-refractivity contribution is 8.13. The fraction of sp³-hybridized carbons (Fsp3) is 0.630. The number of amides is 2. The number of carboxylic acids is 2. The van der Waals surface area contributed by atoms with Gasteiger partial charge in [-0.05, 0) is 0 Å². The number of nitrogens with zero attached hydrogens (tertiary/aromatic N) is 5. The van der Waals surface area contributed by atoms with Crippen LogP contribution in [0.5, 0.6) is 0 Å². The number of nitrogen functional groups attached to an aromatic ring is 1. The molecule has 0 saturated carbocycles. The summed E-state index contributed by atoms with van der Waals surface area (Å²) in [7, 11) is -16.5. The number of hydrogen-bond acceptors (Lipinski definition) is 21. The average Bonchev–Trinajstić information content (AvgIpc) is 3.67. The summed E-state index contributed by atoms with van der Waals surface area (Å²) in [6, 6.07) is 0. The maximum Gasteiger partial charge on any atom is 0.481 e. The van der Waals surface area contributed by atoms with Crippen molar-refractivity contribution >= 4 is 81.1 Å². The van der Waals surface area contributed by atoms with E-state index in [0.717, 1.165) is 33.9 Å². The summed E-state index contributed by atoms with van der Waals surface area (Å²) >= 11 is 0.725. The molecule has 3 heterocycles. The van der Waals surface area contributed by atoms with Crippen molar-refractivity contribution in [1.82, 2.24) is 35.1 Å². The molecule has 7 unspecified atom stereocenters. The number of aliphatic hydroxyl groups is 2. The van der Waals surface area contributed by atoms with Crippen LogP contribution in [-0.4, -0.2) is 169 Å². The number of nitrogens with two attached hydrogens (primary N) is 1. The second-order valence-corrected chi connectivity index (χ2v) is 18.6. The summed E-state index contributed by atoms with van der Waals surface area (Å²) in [5, 5.41) is 43.3. The quantitative estimate of drug-likeness (QED) is 0.0352. The number of phosphoric acid groups is 3. The predicted molar refractivity (Wildman–Crippen MR) is 199 cm³/mol. The van der Waals surface area contributed by atoms with E-state index in [0.29, 0.717) is 0 Å². The molecule has 3 rings (SSSR count). The van der Waals surface area contributed by atoms with Gasteiger partial charge in [-0.15, -0.1) is 0 Å². The van der Waals surface area contributed by atoms with Crippen LogP contribution in [0, 0.1) is 5.41 Å². The van der Waals surface area contributed by atoms with Gasteiger partial charge in [-0.3, -0.25) is 47.0 Å². The van der Waals surface area contributed by atoms with Gasteiger partial charge >= 0.3 is 35.4 Å². The fourth-order valence-corrected chi connectivity index (χ4v) is 8.61. The minimum absolute atomic E-state index is 0.00876. The number of carbonyl (C=O) groups excluding carboxylic acids is 3. The first-order chi connectivity index (χ1) is 27.7. The predicted octanol–water partition coefficient (Wildman–Crippen LogP) is -2.86. The number of thioether (sulfide) groups is 1. The molecule has 2 aromatic heterocycles. The summed E-state index contributed by atoms with van der Waals surface area (Å²) in [6.45, 7) is -1.83. The van der Waals surface area contributed by atoms with Crippen LogP contribution in [-0.2, 0) is 60.3 Å². The number of anilines is 1. The Labute approximate surface area is 342 Å². The smallest absolute Gasteiger partial charge is 0.480 e. The van der Waals surface area contributed by atoms with E-state index in [2.05, 4.69) is 34.4 Å². The first-order valence-electron chi connectivity index (χ1n) is 16.9. The summed E-state index contributed by atoms with van der Waals surface area (Å²) in [6.07, 6.45) is -7.27. The van der Waals surface area contributed by atoms with E-state index in [1.807, 2.05) is 0 Å². The van der Waals surface area contributed by atoms with E-state index in [4.69, 9.17) is 29.7 Å². The van der Waals surface area contributed by atoms with E-state index >= 15 is 0 Å². The Morgan fingerprint density at radius 3 is 2.23 bits per heavy atom. The standard InChI is InChI=1S/C27H43N8O21P3S/c1-27(2,22(43)25(44)30-4-3-15(36)29-5-6-60-18(41)9-34(7-16(37)38)8-17(39)40)11-53-59(50,51)56-58(48,49)52-10-14-21(55-57(45,46)47)20(42)26(54-14)35-13-33-19-23(28)31-12-32-24(19)35/h12-14,20-22,26,42-43H,3-11H2,1-2H3,(H,29,36)(H,30,44)(H,37,38)(H,39,40)(H,48,49)(H,50,51)(H2,28,31,32)(H2,45,46,47). The van der Waals surface area contributed by atoms with Crippen molar-refractivity contribution in [3.63, 3.8) is 0 Å². The highest BCUT2D eigenvalue weighted by Gasteiger charge is 2.50. The van der Waals surface area contributed by atoms with E-state index in [-0.39, 0.29) is 42.2 Å². The molecule has 60 heavy (non-hydrogen) atoms. The third kappa shape index (κ3) is 16.1. The lowest BCUT2D eigenvalue weighted by Crippen LogP contribution is -2.46. The molecule has 2 amide bonds. The number of nitrogens with one attached hydrogen (secondary N) is 2. The molecular formula is C27H43N8O21P3S. The van der Waals surface area contributed by atoms with Gasteiger partial charge in [0, 0.05) is 30.7 Å². The lowest BCUT2D eigenvalue weighted by atomic mass is 9.87. The van der Waals surface area contributed by atoms with Gasteiger partial charge in [-0.2, -0.15) is 4.31 Å². The Morgan fingerprint density at radius 1 is 0.983 bits per heavy atom. The molecule has 0 radical (unpaired) electrons. The van der Waals surface area contributed by atoms with Gasteiger partial charge in [-0.1, -0.05) is 25.6 Å². The van der Waals surface area contributed by atoms with Gasteiger partial charge in [0.1, 0.15) is 36.3 Å².